The van der Waals surface area contributed by atoms with Gasteiger partial charge in [-0.15, -0.1) is 0 Å². The van der Waals surface area contributed by atoms with Crippen molar-refractivity contribution in [3.63, 3.8) is 0 Å². The third-order valence-electron chi connectivity index (χ3n) is 2.66. The Morgan fingerprint density at radius 3 is 2.25 bits per heavy atom. The number of hydrogen-bond donors (Lipinski definition) is 0. The van der Waals surface area contributed by atoms with E-state index in [1.54, 1.807) is 0 Å². The van der Waals surface area contributed by atoms with Crippen molar-refractivity contribution in [1.29, 1.82) is 0 Å². The van der Waals surface area contributed by atoms with Crippen LogP contribution in [0, 0.1) is 17.8 Å². The molecule has 44 valence electrons. The Morgan fingerprint density at radius 2 is 2.00 bits per heavy atom. The lowest BCUT2D eigenvalue weighted by Crippen LogP contribution is -2.14. The zero-order chi connectivity index (χ0) is 5.56. The van der Waals surface area contributed by atoms with E-state index < -0.39 is 0 Å². The van der Waals surface area contributed by atoms with Crippen LogP contribution in [0.1, 0.15) is 19.3 Å². The fraction of sp³-hybridized carbons (Fsp3) is 0.857. The molecule has 0 radical (unpaired) electrons. The van der Waals surface area contributed by atoms with Crippen LogP contribution in [0.3, 0.4) is 0 Å². The Labute approximate surface area is 49.1 Å². The summed E-state index contributed by atoms with van der Waals surface area (Å²) in [5.74, 6) is 2.20. The molecular formula is C7H10O. The molecule has 3 aliphatic rings. The van der Waals surface area contributed by atoms with Gasteiger partial charge in [0.25, 0.3) is 0 Å². The van der Waals surface area contributed by atoms with Crippen molar-refractivity contribution in [1.82, 2.24) is 0 Å². The number of carbonyl (C=O) groups is 1. The summed E-state index contributed by atoms with van der Waals surface area (Å²) >= 11 is 0. The van der Waals surface area contributed by atoms with E-state index in [4.69, 9.17) is 0 Å². The van der Waals surface area contributed by atoms with E-state index >= 15 is 0 Å². The number of aldehydes is 1. The molecule has 1 nitrogen and oxygen atoms in total. The SMILES string of the molecule is O=CC1CC2CC1C2. The molecule has 0 spiro atoms. The molecule has 1 atom stereocenters. The fourth-order valence-corrected chi connectivity index (χ4v) is 2.07. The summed E-state index contributed by atoms with van der Waals surface area (Å²) in [4.78, 5) is 10.2. The van der Waals surface area contributed by atoms with Crippen molar-refractivity contribution in [2.45, 2.75) is 19.3 Å². The first kappa shape index (κ1) is 4.54. The first-order valence-corrected chi connectivity index (χ1v) is 3.35. The Bertz CT molecular complexity index is 114. The number of carbonyl (C=O) groups excluding carboxylic acids is 1. The molecule has 3 aliphatic carbocycles. The molecular weight excluding hydrogens is 100 g/mol. The van der Waals surface area contributed by atoms with E-state index in [0.717, 1.165) is 18.1 Å². The van der Waals surface area contributed by atoms with Gasteiger partial charge in [-0.3, -0.25) is 0 Å². The third-order valence-corrected chi connectivity index (χ3v) is 2.66. The van der Waals surface area contributed by atoms with Crippen LogP contribution in [0.5, 0.6) is 0 Å². The van der Waals surface area contributed by atoms with Crippen LogP contribution >= 0.6 is 0 Å². The van der Waals surface area contributed by atoms with E-state index in [1.165, 1.54) is 19.3 Å². The summed E-state index contributed by atoms with van der Waals surface area (Å²) < 4.78 is 0. The molecule has 1 heteroatoms. The molecule has 0 aliphatic heterocycles. The maximum absolute atomic E-state index is 10.2. The minimum atomic E-state index is 0.458. The van der Waals surface area contributed by atoms with Crippen LogP contribution in [0.15, 0.2) is 0 Å². The van der Waals surface area contributed by atoms with E-state index in [2.05, 4.69) is 0 Å². The van der Waals surface area contributed by atoms with E-state index in [-0.39, 0.29) is 0 Å². The molecule has 2 bridgehead atoms. The smallest absolute Gasteiger partial charge is 0.123 e. The lowest BCUT2D eigenvalue weighted by Gasteiger charge is -2.22. The number of fused-ring (bicyclic) bond motifs is 1. The summed E-state index contributed by atoms with van der Waals surface area (Å²) in [5.41, 5.74) is 0. The van der Waals surface area contributed by atoms with Crippen molar-refractivity contribution in [2.24, 2.45) is 17.8 Å². The van der Waals surface area contributed by atoms with Gasteiger partial charge in [0.15, 0.2) is 0 Å². The molecule has 0 amide bonds. The normalized spacial score (nSPS) is 50.8. The predicted molar refractivity (Wildman–Crippen MR) is 30.4 cm³/mol. The molecule has 0 heterocycles. The molecule has 3 rings (SSSR count). The van der Waals surface area contributed by atoms with Gasteiger partial charge in [-0.25, -0.2) is 0 Å². The van der Waals surface area contributed by atoms with Gasteiger partial charge in [-0.2, -0.15) is 0 Å². The van der Waals surface area contributed by atoms with Gasteiger partial charge >= 0.3 is 0 Å². The summed E-state index contributed by atoms with van der Waals surface area (Å²) in [6.45, 7) is 0. The van der Waals surface area contributed by atoms with E-state index in [0.29, 0.717) is 5.92 Å². The van der Waals surface area contributed by atoms with Crippen molar-refractivity contribution >= 4 is 6.29 Å². The molecule has 8 heavy (non-hydrogen) atoms. The van der Waals surface area contributed by atoms with E-state index in [1.807, 2.05) is 0 Å². The summed E-state index contributed by atoms with van der Waals surface area (Å²) in [6, 6.07) is 0. The third kappa shape index (κ3) is 0.396. The minimum Gasteiger partial charge on any atom is -0.303 e. The van der Waals surface area contributed by atoms with Gasteiger partial charge in [-0.1, -0.05) is 0 Å². The summed E-state index contributed by atoms with van der Waals surface area (Å²) in [6.07, 6.45) is 5.05. The Morgan fingerprint density at radius 1 is 1.25 bits per heavy atom. The van der Waals surface area contributed by atoms with Crippen LogP contribution in [0.4, 0.5) is 0 Å². The average Bonchev–Trinajstić information content (AvgIpc) is 2.15. The quantitative estimate of drug-likeness (QED) is 0.464. The molecule has 0 saturated heterocycles. The van der Waals surface area contributed by atoms with Crippen molar-refractivity contribution in [3.05, 3.63) is 0 Å². The molecule has 0 aromatic rings. The fourth-order valence-electron chi connectivity index (χ4n) is 2.07. The van der Waals surface area contributed by atoms with Crippen LogP contribution in [-0.4, -0.2) is 6.29 Å². The van der Waals surface area contributed by atoms with Crippen LogP contribution in [0.25, 0.3) is 0 Å². The zero-order valence-electron chi connectivity index (χ0n) is 4.84. The molecule has 3 fully saturated rings. The Hall–Kier alpha value is -0.330. The molecule has 1 unspecified atom stereocenters. The van der Waals surface area contributed by atoms with Gasteiger partial charge in [0.05, 0.1) is 0 Å². The highest BCUT2D eigenvalue weighted by molar-refractivity contribution is 5.55. The standard InChI is InChI=1S/C7H10O/c8-4-7-3-5-1-6(7)2-5/h4-7H,1-3H2. The first-order chi connectivity index (χ1) is 3.90. The summed E-state index contributed by atoms with van der Waals surface area (Å²) in [5, 5.41) is 0. The maximum atomic E-state index is 10.2. The number of hydrogen-bond acceptors (Lipinski definition) is 1. The van der Waals surface area contributed by atoms with E-state index in [9.17, 15) is 4.79 Å². The highest BCUT2D eigenvalue weighted by Gasteiger charge is 2.43. The Balaban J connectivity index is 2.09. The van der Waals surface area contributed by atoms with Crippen LogP contribution < -0.4 is 0 Å². The van der Waals surface area contributed by atoms with Crippen LogP contribution in [-0.2, 0) is 4.79 Å². The van der Waals surface area contributed by atoms with Crippen molar-refractivity contribution in [2.75, 3.05) is 0 Å². The lowest BCUT2D eigenvalue weighted by atomic mass is 9.83. The van der Waals surface area contributed by atoms with Gasteiger partial charge in [0.2, 0.25) is 0 Å². The zero-order valence-corrected chi connectivity index (χ0v) is 4.84. The Kier molecular flexibility index (Phi) is 0.758. The molecule has 0 N–H and O–H groups in total. The molecule has 0 aromatic heterocycles. The maximum Gasteiger partial charge on any atom is 0.123 e. The van der Waals surface area contributed by atoms with Crippen molar-refractivity contribution in [3.8, 4) is 0 Å². The highest BCUT2D eigenvalue weighted by atomic mass is 16.1. The topological polar surface area (TPSA) is 17.1 Å². The number of rotatable bonds is 1. The second kappa shape index (κ2) is 1.34. The van der Waals surface area contributed by atoms with Crippen molar-refractivity contribution < 1.29 is 4.79 Å². The van der Waals surface area contributed by atoms with Gasteiger partial charge in [0.1, 0.15) is 6.29 Å². The predicted octanol–water partition coefficient (Wildman–Crippen LogP) is 1.23. The van der Waals surface area contributed by atoms with Gasteiger partial charge in [0, 0.05) is 5.92 Å². The first-order valence-electron chi connectivity index (χ1n) is 3.35. The monoisotopic (exact) mass is 110 g/mol. The largest absolute Gasteiger partial charge is 0.303 e. The summed E-state index contributed by atoms with van der Waals surface area (Å²) in [7, 11) is 0. The second-order valence-corrected chi connectivity index (χ2v) is 3.13. The minimum absolute atomic E-state index is 0.458. The van der Waals surface area contributed by atoms with Crippen LogP contribution in [0.2, 0.25) is 0 Å². The molecule has 0 aromatic carbocycles. The highest BCUT2D eigenvalue weighted by Crippen LogP contribution is 2.51. The van der Waals surface area contributed by atoms with Gasteiger partial charge < -0.3 is 4.79 Å². The molecule has 3 saturated carbocycles. The van der Waals surface area contributed by atoms with Gasteiger partial charge in [-0.05, 0) is 31.1 Å². The lowest BCUT2D eigenvalue weighted by molar-refractivity contribution is -0.111. The second-order valence-electron chi connectivity index (χ2n) is 3.13. The average molecular weight is 110 g/mol.